The number of carbonyl (C=O) groups is 1. The molecule has 7 heteroatoms. The minimum Gasteiger partial charge on any atom is -0.493 e. The number of nitrogens with one attached hydrogen (secondary N) is 1. The average Bonchev–Trinajstić information content (AvgIpc) is 2.80. The highest BCUT2D eigenvalue weighted by molar-refractivity contribution is 6.30. The maximum atomic E-state index is 12.3. The SMILES string of the molecule is COc1cc(/C=N\NC(=O)[C@H](C#N)c2ccccc2)ccc1OCc1ccc(Cl)cc1. The molecule has 1 amide bonds. The fourth-order valence-electron chi connectivity index (χ4n) is 2.79. The van der Waals surface area contributed by atoms with Crippen molar-refractivity contribution < 1.29 is 14.3 Å². The summed E-state index contributed by atoms with van der Waals surface area (Å²) in [5, 5.41) is 13.9. The van der Waals surface area contributed by atoms with Crippen molar-refractivity contribution in [3.8, 4) is 17.6 Å². The van der Waals surface area contributed by atoms with Gasteiger partial charge in [0.1, 0.15) is 6.61 Å². The van der Waals surface area contributed by atoms with Crippen molar-refractivity contribution in [3.05, 3.63) is 94.5 Å². The van der Waals surface area contributed by atoms with Gasteiger partial charge in [-0.1, -0.05) is 54.1 Å². The number of hydrogen-bond acceptors (Lipinski definition) is 5. The molecule has 3 aromatic rings. The predicted molar refractivity (Wildman–Crippen MR) is 119 cm³/mol. The van der Waals surface area contributed by atoms with E-state index in [-0.39, 0.29) is 0 Å². The molecule has 0 aromatic heterocycles. The van der Waals surface area contributed by atoms with Crippen LogP contribution in [0.4, 0.5) is 0 Å². The highest BCUT2D eigenvalue weighted by atomic mass is 35.5. The van der Waals surface area contributed by atoms with Crippen molar-refractivity contribution in [1.82, 2.24) is 5.43 Å². The summed E-state index contributed by atoms with van der Waals surface area (Å²) < 4.78 is 11.2. The van der Waals surface area contributed by atoms with Gasteiger partial charge in [-0.15, -0.1) is 0 Å². The van der Waals surface area contributed by atoms with Gasteiger partial charge in [0.05, 0.1) is 19.4 Å². The lowest BCUT2D eigenvalue weighted by Crippen LogP contribution is -2.24. The third kappa shape index (κ3) is 6.08. The molecule has 0 aliphatic rings. The Morgan fingerprint density at radius 1 is 1.13 bits per heavy atom. The minimum atomic E-state index is -0.934. The lowest BCUT2D eigenvalue weighted by atomic mass is 10.0. The summed E-state index contributed by atoms with van der Waals surface area (Å²) in [6, 6.07) is 23.5. The molecule has 6 nitrogen and oxygen atoms in total. The number of ether oxygens (including phenoxy) is 2. The van der Waals surface area contributed by atoms with Gasteiger partial charge in [0.2, 0.25) is 0 Å². The number of methoxy groups -OCH3 is 1. The van der Waals surface area contributed by atoms with E-state index in [2.05, 4.69) is 10.5 Å². The number of benzene rings is 3. The van der Waals surface area contributed by atoms with Crippen LogP contribution in [0, 0.1) is 11.3 Å². The molecule has 0 radical (unpaired) electrons. The van der Waals surface area contributed by atoms with E-state index in [0.29, 0.717) is 34.3 Å². The highest BCUT2D eigenvalue weighted by Gasteiger charge is 2.19. The maximum Gasteiger partial charge on any atom is 0.261 e. The lowest BCUT2D eigenvalue weighted by Gasteiger charge is -2.11. The number of rotatable bonds is 8. The summed E-state index contributed by atoms with van der Waals surface area (Å²) in [6.45, 7) is 0.367. The number of nitrogens with zero attached hydrogens (tertiary/aromatic N) is 2. The van der Waals surface area contributed by atoms with Crippen molar-refractivity contribution in [2.24, 2.45) is 5.10 Å². The highest BCUT2D eigenvalue weighted by Crippen LogP contribution is 2.28. The van der Waals surface area contributed by atoms with E-state index in [9.17, 15) is 10.1 Å². The van der Waals surface area contributed by atoms with Crippen LogP contribution >= 0.6 is 11.6 Å². The van der Waals surface area contributed by atoms with Crippen molar-refractivity contribution in [1.29, 1.82) is 5.26 Å². The summed E-state index contributed by atoms with van der Waals surface area (Å²) >= 11 is 5.90. The van der Waals surface area contributed by atoms with Gasteiger partial charge in [-0.3, -0.25) is 4.79 Å². The monoisotopic (exact) mass is 433 g/mol. The minimum absolute atomic E-state index is 0.367. The first-order chi connectivity index (χ1) is 15.1. The zero-order valence-corrected chi connectivity index (χ0v) is 17.5. The fourth-order valence-corrected chi connectivity index (χ4v) is 2.92. The Kier molecular flexibility index (Phi) is 7.63. The van der Waals surface area contributed by atoms with Crippen LogP contribution in [0.25, 0.3) is 0 Å². The standard InChI is InChI=1S/C24H20ClN3O3/c1-30-23-13-18(9-12-22(23)31-16-17-7-10-20(25)11-8-17)15-27-28-24(29)21(14-26)19-5-3-2-4-6-19/h2-13,15,21H,16H2,1H3,(H,28,29)/b27-15-/t21-/m1/s1. The molecular formula is C24H20ClN3O3. The van der Waals surface area contributed by atoms with Crippen molar-refractivity contribution in [2.75, 3.05) is 7.11 Å². The van der Waals surface area contributed by atoms with Gasteiger partial charge >= 0.3 is 0 Å². The molecule has 31 heavy (non-hydrogen) atoms. The molecule has 1 N–H and O–H groups in total. The summed E-state index contributed by atoms with van der Waals surface area (Å²) in [4.78, 5) is 12.3. The number of amides is 1. The van der Waals surface area contributed by atoms with Gasteiger partial charge < -0.3 is 9.47 Å². The maximum absolute atomic E-state index is 12.3. The van der Waals surface area contributed by atoms with Gasteiger partial charge in [-0.05, 0) is 47.0 Å². The van der Waals surface area contributed by atoms with Crippen LogP contribution in [-0.4, -0.2) is 19.2 Å². The third-order valence-electron chi connectivity index (χ3n) is 4.41. The van der Waals surface area contributed by atoms with Gasteiger partial charge in [0, 0.05) is 5.02 Å². The van der Waals surface area contributed by atoms with Crippen molar-refractivity contribution in [3.63, 3.8) is 0 Å². The smallest absolute Gasteiger partial charge is 0.261 e. The third-order valence-corrected chi connectivity index (χ3v) is 4.66. The quantitative estimate of drug-likeness (QED) is 0.412. The van der Waals surface area contributed by atoms with Crippen LogP contribution in [0.2, 0.25) is 5.02 Å². The van der Waals surface area contributed by atoms with E-state index < -0.39 is 11.8 Å². The Bertz CT molecular complexity index is 1090. The van der Waals surface area contributed by atoms with Crippen molar-refractivity contribution in [2.45, 2.75) is 12.5 Å². The molecular weight excluding hydrogens is 414 g/mol. The Morgan fingerprint density at radius 2 is 1.87 bits per heavy atom. The summed E-state index contributed by atoms with van der Waals surface area (Å²) in [7, 11) is 1.55. The summed E-state index contributed by atoms with van der Waals surface area (Å²) in [5.74, 6) is -0.327. The molecule has 0 unspecified atom stereocenters. The Hall–Kier alpha value is -3.82. The molecule has 0 saturated carbocycles. The van der Waals surface area contributed by atoms with E-state index in [1.54, 1.807) is 61.7 Å². The van der Waals surface area contributed by atoms with E-state index in [1.807, 2.05) is 24.3 Å². The average molecular weight is 434 g/mol. The van der Waals surface area contributed by atoms with Crippen LogP contribution < -0.4 is 14.9 Å². The second-order valence-electron chi connectivity index (χ2n) is 6.53. The Labute approximate surface area is 185 Å². The first-order valence-electron chi connectivity index (χ1n) is 9.43. The lowest BCUT2D eigenvalue weighted by molar-refractivity contribution is -0.121. The molecule has 0 fully saturated rings. The van der Waals surface area contributed by atoms with E-state index >= 15 is 0 Å². The molecule has 0 bridgehead atoms. The van der Waals surface area contributed by atoms with Gasteiger partial charge in [0.25, 0.3) is 5.91 Å². The molecule has 0 saturated heterocycles. The van der Waals surface area contributed by atoms with Crippen LogP contribution in [0.5, 0.6) is 11.5 Å². The molecule has 0 heterocycles. The van der Waals surface area contributed by atoms with E-state index in [4.69, 9.17) is 21.1 Å². The van der Waals surface area contributed by atoms with E-state index in [0.717, 1.165) is 5.56 Å². The van der Waals surface area contributed by atoms with Crippen LogP contribution in [0.1, 0.15) is 22.6 Å². The molecule has 0 aliphatic carbocycles. The zero-order chi connectivity index (χ0) is 22.1. The van der Waals surface area contributed by atoms with E-state index in [1.165, 1.54) is 6.21 Å². The first-order valence-corrected chi connectivity index (χ1v) is 9.81. The summed E-state index contributed by atoms with van der Waals surface area (Å²) in [6.07, 6.45) is 1.48. The Balaban J connectivity index is 1.62. The fraction of sp³-hybridized carbons (Fsp3) is 0.125. The number of nitriles is 1. The molecule has 3 aromatic carbocycles. The van der Waals surface area contributed by atoms with Gasteiger partial charge in [0.15, 0.2) is 17.4 Å². The number of carbonyl (C=O) groups excluding carboxylic acids is 1. The number of halogens is 1. The van der Waals surface area contributed by atoms with Crippen molar-refractivity contribution >= 4 is 23.7 Å². The van der Waals surface area contributed by atoms with Crippen LogP contribution in [-0.2, 0) is 11.4 Å². The molecule has 156 valence electrons. The van der Waals surface area contributed by atoms with Crippen LogP contribution in [0.15, 0.2) is 77.9 Å². The largest absolute Gasteiger partial charge is 0.493 e. The van der Waals surface area contributed by atoms with Gasteiger partial charge in [-0.2, -0.15) is 10.4 Å². The van der Waals surface area contributed by atoms with Gasteiger partial charge in [-0.25, -0.2) is 5.43 Å². The second-order valence-corrected chi connectivity index (χ2v) is 6.97. The second kappa shape index (κ2) is 10.8. The first kappa shape index (κ1) is 21.9. The Morgan fingerprint density at radius 3 is 2.55 bits per heavy atom. The zero-order valence-electron chi connectivity index (χ0n) is 16.8. The molecule has 0 aliphatic heterocycles. The molecule has 1 atom stereocenters. The summed E-state index contributed by atoms with van der Waals surface area (Å²) in [5.41, 5.74) is 4.70. The molecule has 3 rings (SSSR count). The normalized spacial score (nSPS) is 11.5. The molecule has 0 spiro atoms. The van der Waals surface area contributed by atoms with Crippen LogP contribution in [0.3, 0.4) is 0 Å². The number of hydrogen-bond donors (Lipinski definition) is 1. The number of hydrazone groups is 1. The topological polar surface area (TPSA) is 83.7 Å². The predicted octanol–water partition coefficient (Wildman–Crippen LogP) is 4.69.